The lowest BCUT2D eigenvalue weighted by Gasteiger charge is -2.21. The molecule has 3 atom stereocenters. The van der Waals surface area contributed by atoms with Gasteiger partial charge in [0.1, 0.15) is 6.04 Å². The number of hydrogen-bond acceptors (Lipinski definition) is 3. The highest BCUT2D eigenvalue weighted by atomic mass is 16.3. The number of aliphatic hydroxyl groups is 1. The number of aliphatic hydroxyl groups excluding tert-OH is 1. The molecule has 1 amide bonds. The summed E-state index contributed by atoms with van der Waals surface area (Å²) in [6.45, 7) is 3.78. The van der Waals surface area contributed by atoms with E-state index in [0.717, 1.165) is 5.56 Å². The summed E-state index contributed by atoms with van der Waals surface area (Å²) in [5.41, 5.74) is 6.64. The first-order valence-corrected chi connectivity index (χ1v) is 5.78. The van der Waals surface area contributed by atoms with Crippen molar-refractivity contribution in [3.05, 3.63) is 35.9 Å². The van der Waals surface area contributed by atoms with Crippen molar-refractivity contribution < 1.29 is 9.90 Å². The van der Waals surface area contributed by atoms with Crippen LogP contribution < -0.4 is 11.1 Å². The van der Waals surface area contributed by atoms with Crippen molar-refractivity contribution in [1.82, 2.24) is 5.32 Å². The Labute approximate surface area is 102 Å². The molecule has 0 aliphatic carbocycles. The third-order valence-corrected chi connectivity index (χ3v) is 2.95. The summed E-state index contributed by atoms with van der Waals surface area (Å²) in [6.07, 6.45) is 0. The lowest BCUT2D eigenvalue weighted by molar-refractivity contribution is -0.123. The maximum atomic E-state index is 11.9. The molecule has 2 unspecified atom stereocenters. The number of rotatable bonds is 5. The van der Waals surface area contributed by atoms with Crippen LogP contribution in [0.3, 0.4) is 0 Å². The van der Waals surface area contributed by atoms with Gasteiger partial charge in [-0.3, -0.25) is 4.79 Å². The molecule has 0 radical (unpaired) electrons. The Morgan fingerprint density at radius 3 is 2.47 bits per heavy atom. The molecular weight excluding hydrogens is 216 g/mol. The first-order chi connectivity index (χ1) is 8.06. The predicted octanol–water partition coefficient (Wildman–Crippen LogP) is 0.819. The van der Waals surface area contributed by atoms with Crippen molar-refractivity contribution in [3.8, 4) is 0 Å². The van der Waals surface area contributed by atoms with E-state index < -0.39 is 6.04 Å². The lowest BCUT2D eigenvalue weighted by Crippen LogP contribution is -2.43. The number of amides is 1. The molecule has 0 heterocycles. The highest BCUT2D eigenvalue weighted by molar-refractivity contribution is 5.83. The van der Waals surface area contributed by atoms with E-state index in [9.17, 15) is 4.79 Å². The van der Waals surface area contributed by atoms with E-state index in [4.69, 9.17) is 10.8 Å². The molecule has 4 heteroatoms. The molecule has 17 heavy (non-hydrogen) atoms. The summed E-state index contributed by atoms with van der Waals surface area (Å²) in [7, 11) is 0. The second kappa shape index (κ2) is 6.37. The summed E-state index contributed by atoms with van der Waals surface area (Å²) in [5.74, 6) is -0.203. The van der Waals surface area contributed by atoms with Crippen LogP contribution in [0.15, 0.2) is 30.3 Å². The van der Waals surface area contributed by atoms with Gasteiger partial charge in [0.15, 0.2) is 0 Å². The van der Waals surface area contributed by atoms with E-state index in [-0.39, 0.29) is 24.5 Å². The van der Waals surface area contributed by atoms with Gasteiger partial charge in [0.2, 0.25) is 5.91 Å². The van der Waals surface area contributed by atoms with Crippen LogP contribution in [0.1, 0.15) is 25.5 Å². The molecule has 1 rings (SSSR count). The SMILES string of the molecule is CC(CO)C(C)NC(=O)[C@H](N)c1ccccc1. The molecule has 0 bridgehead atoms. The van der Waals surface area contributed by atoms with E-state index in [2.05, 4.69) is 5.32 Å². The zero-order valence-corrected chi connectivity index (χ0v) is 10.3. The summed E-state index contributed by atoms with van der Waals surface area (Å²) in [4.78, 5) is 11.9. The van der Waals surface area contributed by atoms with Gasteiger partial charge in [-0.2, -0.15) is 0 Å². The van der Waals surface area contributed by atoms with E-state index >= 15 is 0 Å². The third-order valence-electron chi connectivity index (χ3n) is 2.95. The molecule has 0 aliphatic heterocycles. The Hall–Kier alpha value is -1.39. The quantitative estimate of drug-likeness (QED) is 0.708. The van der Waals surface area contributed by atoms with Crippen LogP contribution in [0, 0.1) is 5.92 Å². The topological polar surface area (TPSA) is 75.3 Å². The van der Waals surface area contributed by atoms with Crippen LogP contribution >= 0.6 is 0 Å². The second-order valence-electron chi connectivity index (χ2n) is 4.35. The smallest absolute Gasteiger partial charge is 0.241 e. The van der Waals surface area contributed by atoms with Gasteiger partial charge in [0.05, 0.1) is 0 Å². The van der Waals surface area contributed by atoms with E-state index in [0.29, 0.717) is 0 Å². The molecule has 0 saturated heterocycles. The number of nitrogens with two attached hydrogens (primary N) is 1. The largest absolute Gasteiger partial charge is 0.396 e. The van der Waals surface area contributed by atoms with Gasteiger partial charge < -0.3 is 16.2 Å². The minimum atomic E-state index is -0.662. The highest BCUT2D eigenvalue weighted by Gasteiger charge is 2.19. The van der Waals surface area contributed by atoms with Crippen molar-refractivity contribution >= 4 is 5.91 Å². The summed E-state index contributed by atoms with van der Waals surface area (Å²) in [6, 6.07) is 8.47. The fourth-order valence-corrected chi connectivity index (χ4v) is 1.43. The Morgan fingerprint density at radius 2 is 1.94 bits per heavy atom. The summed E-state index contributed by atoms with van der Waals surface area (Å²) < 4.78 is 0. The van der Waals surface area contributed by atoms with Crippen molar-refractivity contribution in [2.24, 2.45) is 11.7 Å². The molecule has 1 aromatic rings. The van der Waals surface area contributed by atoms with Crippen LogP contribution in [-0.4, -0.2) is 23.7 Å². The number of benzene rings is 1. The van der Waals surface area contributed by atoms with Gasteiger partial charge in [0.25, 0.3) is 0 Å². The van der Waals surface area contributed by atoms with Gasteiger partial charge in [-0.15, -0.1) is 0 Å². The fourth-order valence-electron chi connectivity index (χ4n) is 1.43. The van der Waals surface area contributed by atoms with Crippen molar-refractivity contribution in [2.75, 3.05) is 6.61 Å². The van der Waals surface area contributed by atoms with Crippen LogP contribution in [0.25, 0.3) is 0 Å². The average Bonchev–Trinajstić information content (AvgIpc) is 2.37. The first kappa shape index (κ1) is 13.7. The molecule has 0 aromatic heterocycles. The minimum Gasteiger partial charge on any atom is -0.396 e. The van der Waals surface area contributed by atoms with Gasteiger partial charge in [-0.25, -0.2) is 0 Å². The van der Waals surface area contributed by atoms with Gasteiger partial charge in [-0.1, -0.05) is 37.3 Å². The van der Waals surface area contributed by atoms with Crippen LogP contribution in [0.5, 0.6) is 0 Å². The normalized spacial score (nSPS) is 16.0. The number of carbonyl (C=O) groups excluding carboxylic acids is 1. The molecule has 4 N–H and O–H groups in total. The van der Waals surface area contributed by atoms with Crippen LogP contribution in [0.4, 0.5) is 0 Å². The van der Waals surface area contributed by atoms with Crippen LogP contribution in [-0.2, 0) is 4.79 Å². The van der Waals surface area contributed by atoms with E-state index in [1.165, 1.54) is 0 Å². The molecule has 4 nitrogen and oxygen atoms in total. The molecule has 94 valence electrons. The van der Waals surface area contributed by atoms with Gasteiger partial charge in [-0.05, 0) is 18.4 Å². The third kappa shape index (κ3) is 3.84. The number of nitrogens with one attached hydrogen (secondary N) is 1. The van der Waals surface area contributed by atoms with E-state index in [1.807, 2.05) is 44.2 Å². The van der Waals surface area contributed by atoms with Crippen molar-refractivity contribution in [1.29, 1.82) is 0 Å². The molecular formula is C13H20N2O2. The molecule has 0 spiro atoms. The standard InChI is InChI=1S/C13H20N2O2/c1-9(8-16)10(2)15-13(17)12(14)11-6-4-3-5-7-11/h3-7,9-10,12,16H,8,14H2,1-2H3,(H,15,17)/t9?,10?,12-/m1/s1. The Kier molecular flexibility index (Phi) is 5.12. The van der Waals surface area contributed by atoms with Crippen molar-refractivity contribution in [3.63, 3.8) is 0 Å². The maximum Gasteiger partial charge on any atom is 0.241 e. The lowest BCUT2D eigenvalue weighted by atomic mass is 10.0. The van der Waals surface area contributed by atoms with Crippen LogP contribution in [0.2, 0.25) is 0 Å². The summed E-state index contributed by atoms with van der Waals surface area (Å²) >= 11 is 0. The average molecular weight is 236 g/mol. The Bertz CT molecular complexity index is 354. The van der Waals surface area contributed by atoms with Gasteiger partial charge >= 0.3 is 0 Å². The Morgan fingerprint density at radius 1 is 1.35 bits per heavy atom. The highest BCUT2D eigenvalue weighted by Crippen LogP contribution is 2.10. The number of carbonyl (C=O) groups is 1. The monoisotopic (exact) mass is 236 g/mol. The van der Waals surface area contributed by atoms with Gasteiger partial charge in [0, 0.05) is 12.6 Å². The molecule has 0 saturated carbocycles. The fraction of sp³-hybridized carbons (Fsp3) is 0.462. The zero-order chi connectivity index (χ0) is 12.8. The molecule has 0 fully saturated rings. The molecule has 1 aromatic carbocycles. The minimum absolute atomic E-state index is 0.0157. The maximum absolute atomic E-state index is 11.9. The van der Waals surface area contributed by atoms with Crippen molar-refractivity contribution in [2.45, 2.75) is 25.9 Å². The first-order valence-electron chi connectivity index (χ1n) is 5.78. The Balaban J connectivity index is 2.59. The summed E-state index contributed by atoms with van der Waals surface area (Å²) in [5, 5.41) is 11.8. The van der Waals surface area contributed by atoms with E-state index in [1.54, 1.807) is 0 Å². The second-order valence-corrected chi connectivity index (χ2v) is 4.35. The predicted molar refractivity (Wildman–Crippen MR) is 67.2 cm³/mol. The number of hydrogen-bond donors (Lipinski definition) is 3. The zero-order valence-electron chi connectivity index (χ0n) is 10.3. The molecule has 0 aliphatic rings.